The molecule has 1 unspecified atom stereocenters. The van der Waals surface area contributed by atoms with Crippen molar-refractivity contribution in [3.05, 3.63) is 89.7 Å². The molecule has 5 rings (SSSR count). The van der Waals surface area contributed by atoms with E-state index in [2.05, 4.69) is 16.8 Å². The Hall–Kier alpha value is -4.26. The normalized spacial score (nSPS) is 15.7. The van der Waals surface area contributed by atoms with Crippen molar-refractivity contribution in [3.8, 4) is 11.1 Å². The zero-order chi connectivity index (χ0) is 26.8. The van der Waals surface area contributed by atoms with Crippen LogP contribution in [0.4, 0.5) is 0 Å². The van der Waals surface area contributed by atoms with Gasteiger partial charge in [-0.25, -0.2) is 4.79 Å². The average molecular weight is 509 g/mol. The van der Waals surface area contributed by atoms with Gasteiger partial charge >= 0.3 is 5.97 Å². The van der Waals surface area contributed by atoms with E-state index in [0.717, 1.165) is 40.7 Å². The molecule has 0 bridgehead atoms. The van der Waals surface area contributed by atoms with Crippen molar-refractivity contribution in [2.45, 2.75) is 52.0 Å². The van der Waals surface area contributed by atoms with E-state index in [1.165, 1.54) is 19.3 Å². The molecule has 7 heteroatoms. The second-order valence-corrected chi connectivity index (χ2v) is 10.1. The molecule has 0 aliphatic heterocycles. The average Bonchev–Trinajstić information content (AvgIpc) is 3.28. The van der Waals surface area contributed by atoms with Gasteiger partial charge in [0.25, 0.3) is 0 Å². The summed E-state index contributed by atoms with van der Waals surface area (Å²) < 4.78 is 2.26. The fourth-order valence-electron chi connectivity index (χ4n) is 5.81. The van der Waals surface area contributed by atoms with Crippen LogP contribution >= 0.6 is 0 Å². The van der Waals surface area contributed by atoms with Crippen LogP contribution in [0.25, 0.3) is 27.7 Å². The summed E-state index contributed by atoms with van der Waals surface area (Å²) in [6.45, 7) is 3.25. The lowest BCUT2D eigenvalue weighted by atomic mass is 9.82. The minimum absolute atomic E-state index is 0.00757. The van der Waals surface area contributed by atoms with Crippen LogP contribution in [0.2, 0.25) is 0 Å². The predicted octanol–water partition coefficient (Wildman–Crippen LogP) is 7.29. The van der Waals surface area contributed by atoms with Gasteiger partial charge in [-0.2, -0.15) is 0 Å². The van der Waals surface area contributed by atoms with Crippen molar-refractivity contribution in [3.63, 3.8) is 0 Å². The number of nitrogens with one attached hydrogen (secondary N) is 1. The summed E-state index contributed by atoms with van der Waals surface area (Å²) in [4.78, 5) is 21.0. The zero-order valence-electron chi connectivity index (χ0n) is 21.7. The zero-order valence-corrected chi connectivity index (χ0v) is 21.7. The molecule has 1 atom stereocenters. The van der Waals surface area contributed by atoms with E-state index in [-0.39, 0.29) is 23.1 Å². The minimum atomic E-state index is -0.963. The lowest BCUT2D eigenvalue weighted by molar-refractivity contribution is 0.0697. The SMILES string of the molecule is CC(=N)/C(=C(/C)O)c1cnc2c(-c3ccc(C(=O)O)cc3)cn(C(c3ccccn3)C3CCCCC3)c2c1. The molecule has 0 amide bonds. The Kier molecular flexibility index (Phi) is 7.09. The van der Waals surface area contributed by atoms with E-state index < -0.39 is 5.97 Å². The second kappa shape index (κ2) is 10.6. The topological polar surface area (TPSA) is 112 Å². The predicted molar refractivity (Wildman–Crippen MR) is 150 cm³/mol. The van der Waals surface area contributed by atoms with E-state index in [1.807, 2.05) is 36.5 Å². The Balaban J connectivity index is 1.77. The number of hydrogen-bond donors (Lipinski definition) is 3. The first kappa shape index (κ1) is 25.4. The number of allylic oxidation sites excluding steroid dienone is 2. The maximum absolute atomic E-state index is 11.4. The van der Waals surface area contributed by atoms with Gasteiger partial charge < -0.3 is 20.2 Å². The first-order valence-electron chi connectivity index (χ1n) is 13.1. The number of carboxylic acid groups (broad SMARTS) is 1. The van der Waals surface area contributed by atoms with Crippen molar-refractivity contribution in [1.29, 1.82) is 5.41 Å². The van der Waals surface area contributed by atoms with Crippen molar-refractivity contribution in [1.82, 2.24) is 14.5 Å². The highest BCUT2D eigenvalue weighted by Gasteiger charge is 2.30. The van der Waals surface area contributed by atoms with E-state index in [0.29, 0.717) is 17.1 Å². The number of hydrogen-bond acceptors (Lipinski definition) is 5. The molecule has 7 nitrogen and oxygen atoms in total. The Morgan fingerprint density at radius 3 is 2.34 bits per heavy atom. The number of aliphatic hydroxyl groups excluding tert-OH is 1. The molecule has 0 saturated heterocycles. The summed E-state index contributed by atoms with van der Waals surface area (Å²) in [5, 5.41) is 28.0. The van der Waals surface area contributed by atoms with Gasteiger partial charge in [0.05, 0.1) is 34.1 Å². The molecular weight excluding hydrogens is 476 g/mol. The maximum atomic E-state index is 11.4. The molecule has 3 aromatic heterocycles. The number of rotatable bonds is 7. The largest absolute Gasteiger partial charge is 0.512 e. The number of aliphatic hydroxyl groups is 1. The van der Waals surface area contributed by atoms with Gasteiger partial charge in [-0.1, -0.05) is 37.5 Å². The number of carboxylic acids is 1. The molecule has 194 valence electrons. The number of fused-ring (bicyclic) bond motifs is 1. The lowest BCUT2D eigenvalue weighted by Gasteiger charge is -2.31. The molecule has 38 heavy (non-hydrogen) atoms. The van der Waals surface area contributed by atoms with E-state index in [4.69, 9.17) is 15.4 Å². The van der Waals surface area contributed by atoms with Gasteiger partial charge in [0.1, 0.15) is 0 Å². The van der Waals surface area contributed by atoms with Gasteiger partial charge in [-0.3, -0.25) is 9.97 Å². The summed E-state index contributed by atoms with van der Waals surface area (Å²) in [6, 6.07) is 14.9. The molecular formula is C31H32N4O3. The van der Waals surface area contributed by atoms with Crippen LogP contribution in [-0.4, -0.2) is 36.4 Å². The standard InChI is InChI=1S/C31H32N4O3/c1-19(32)28(20(2)36)24-16-27-29(34-17-24)25(21-11-13-23(14-12-21)31(37)38)18-35(27)30(22-8-4-3-5-9-22)26-10-6-7-15-33-26/h6-7,10-18,22,30,32,36H,3-5,8-9H2,1-2H3,(H,37,38)/b28-20+,32-19?. The van der Waals surface area contributed by atoms with Crippen LogP contribution in [-0.2, 0) is 0 Å². The van der Waals surface area contributed by atoms with E-state index >= 15 is 0 Å². The van der Waals surface area contributed by atoms with Crippen molar-refractivity contribution < 1.29 is 15.0 Å². The van der Waals surface area contributed by atoms with E-state index in [1.54, 1.807) is 32.2 Å². The lowest BCUT2D eigenvalue weighted by Crippen LogP contribution is -2.23. The summed E-state index contributed by atoms with van der Waals surface area (Å²) in [5.74, 6) is -0.482. The fraction of sp³-hybridized carbons (Fsp3) is 0.290. The molecule has 3 N–H and O–H groups in total. The first-order valence-corrected chi connectivity index (χ1v) is 13.1. The van der Waals surface area contributed by atoms with Crippen LogP contribution < -0.4 is 0 Å². The number of benzene rings is 1. The summed E-state index contributed by atoms with van der Waals surface area (Å²) in [6.07, 6.45) is 11.5. The van der Waals surface area contributed by atoms with Crippen LogP contribution in [0.15, 0.2) is 72.9 Å². The Labute approximate surface area is 222 Å². The number of nitrogens with zero attached hydrogens (tertiary/aromatic N) is 3. The molecule has 0 spiro atoms. The van der Waals surface area contributed by atoms with Crippen molar-refractivity contribution in [2.75, 3.05) is 0 Å². The highest BCUT2D eigenvalue weighted by atomic mass is 16.4. The summed E-state index contributed by atoms with van der Waals surface area (Å²) >= 11 is 0. The number of aromatic nitrogens is 3. The van der Waals surface area contributed by atoms with E-state index in [9.17, 15) is 15.0 Å². The van der Waals surface area contributed by atoms with Crippen molar-refractivity contribution >= 4 is 28.3 Å². The molecule has 1 aliphatic carbocycles. The van der Waals surface area contributed by atoms with Gasteiger partial charge in [-0.05, 0) is 68.5 Å². The molecule has 0 radical (unpaired) electrons. The fourth-order valence-corrected chi connectivity index (χ4v) is 5.81. The van der Waals surface area contributed by atoms with Crippen LogP contribution in [0.5, 0.6) is 0 Å². The molecule has 1 aliphatic rings. The third kappa shape index (κ3) is 4.84. The number of aromatic carboxylic acids is 1. The molecule has 1 aromatic carbocycles. The van der Waals surface area contributed by atoms with Gasteiger partial charge in [0, 0.05) is 41.0 Å². The Morgan fingerprint density at radius 2 is 1.74 bits per heavy atom. The van der Waals surface area contributed by atoms with Gasteiger partial charge in [0.2, 0.25) is 0 Å². The molecule has 4 aromatic rings. The first-order chi connectivity index (χ1) is 18.3. The number of carbonyl (C=O) groups is 1. The highest BCUT2D eigenvalue weighted by molar-refractivity contribution is 6.22. The smallest absolute Gasteiger partial charge is 0.335 e. The van der Waals surface area contributed by atoms with Crippen LogP contribution in [0, 0.1) is 11.3 Å². The Morgan fingerprint density at radius 1 is 1.00 bits per heavy atom. The minimum Gasteiger partial charge on any atom is -0.512 e. The summed E-state index contributed by atoms with van der Waals surface area (Å²) in [7, 11) is 0. The third-order valence-corrected chi connectivity index (χ3v) is 7.52. The van der Waals surface area contributed by atoms with Crippen molar-refractivity contribution in [2.24, 2.45) is 5.92 Å². The maximum Gasteiger partial charge on any atom is 0.335 e. The molecule has 1 fully saturated rings. The van der Waals surface area contributed by atoms with Gasteiger partial charge in [0.15, 0.2) is 0 Å². The second-order valence-electron chi connectivity index (χ2n) is 10.1. The monoisotopic (exact) mass is 508 g/mol. The number of pyridine rings is 2. The molecule has 3 heterocycles. The van der Waals surface area contributed by atoms with Crippen LogP contribution in [0.1, 0.15) is 73.6 Å². The highest BCUT2D eigenvalue weighted by Crippen LogP contribution is 2.41. The Bertz CT molecular complexity index is 1510. The summed E-state index contributed by atoms with van der Waals surface area (Å²) in [5.41, 5.74) is 6.09. The third-order valence-electron chi connectivity index (χ3n) is 7.52. The van der Waals surface area contributed by atoms with Gasteiger partial charge in [-0.15, -0.1) is 0 Å². The van der Waals surface area contributed by atoms with Crippen LogP contribution in [0.3, 0.4) is 0 Å². The molecule has 1 saturated carbocycles. The quantitative estimate of drug-likeness (QED) is 0.179.